The van der Waals surface area contributed by atoms with Gasteiger partial charge in [0.2, 0.25) is 5.91 Å². The maximum Gasteiger partial charge on any atom is 0.321 e. The molecule has 82 valence electrons. The second-order valence-electron chi connectivity index (χ2n) is 3.05. The maximum atomic E-state index is 11.1. The molecule has 14 heavy (non-hydrogen) atoms. The number of carbonyl (C=O) groups excluding carboxylic acids is 2. The lowest BCUT2D eigenvalue weighted by molar-refractivity contribution is -0.120. The first-order valence-corrected chi connectivity index (χ1v) is 4.98. The van der Waals surface area contributed by atoms with Gasteiger partial charge in [-0.3, -0.25) is 10.1 Å². The monoisotopic (exact) mass is 201 g/mol. The lowest BCUT2D eigenvalue weighted by Gasteiger charge is -2.04. The molecule has 0 bridgehead atoms. The smallest absolute Gasteiger partial charge is 0.321 e. The summed E-state index contributed by atoms with van der Waals surface area (Å²) in [5.41, 5.74) is 5.18. The minimum atomic E-state index is -0.461. The van der Waals surface area contributed by atoms with Gasteiger partial charge in [-0.15, -0.1) is 0 Å². The Balaban J connectivity index is 3.45. The van der Waals surface area contributed by atoms with Crippen molar-refractivity contribution >= 4 is 11.9 Å². The zero-order chi connectivity index (χ0) is 10.8. The summed E-state index contributed by atoms with van der Waals surface area (Å²) >= 11 is 0. The van der Waals surface area contributed by atoms with Crippen LogP contribution in [-0.2, 0) is 4.79 Å². The molecule has 0 spiro atoms. The Labute approximate surface area is 84.4 Å². The molecule has 0 aliphatic carbocycles. The van der Waals surface area contributed by atoms with Crippen LogP contribution < -0.4 is 16.4 Å². The minimum Gasteiger partial charge on any atom is -0.337 e. The van der Waals surface area contributed by atoms with Crippen molar-refractivity contribution in [3.63, 3.8) is 0 Å². The molecule has 5 heteroatoms. The number of hydrogen-bond donors (Lipinski definition) is 3. The first-order chi connectivity index (χ1) is 6.70. The third kappa shape index (κ3) is 7.54. The first kappa shape index (κ1) is 12.9. The van der Waals surface area contributed by atoms with Gasteiger partial charge in [-0.2, -0.15) is 0 Å². The Morgan fingerprint density at radius 2 is 2.00 bits per heavy atom. The van der Waals surface area contributed by atoms with Crippen molar-refractivity contribution in [2.24, 2.45) is 5.73 Å². The quantitative estimate of drug-likeness (QED) is 0.542. The normalized spacial score (nSPS) is 9.57. The minimum absolute atomic E-state index is 0.229. The molecule has 0 saturated carbocycles. The van der Waals surface area contributed by atoms with Crippen LogP contribution in [0.5, 0.6) is 0 Å². The summed E-state index contributed by atoms with van der Waals surface area (Å²) in [5.74, 6) is -0.229. The average Bonchev–Trinajstić information content (AvgIpc) is 2.15. The Kier molecular flexibility index (Phi) is 7.83. The number of urea groups is 1. The van der Waals surface area contributed by atoms with Gasteiger partial charge in [-0.25, -0.2) is 4.79 Å². The molecule has 0 heterocycles. The molecule has 0 atom stereocenters. The molecule has 0 aliphatic rings. The molecule has 0 aliphatic heterocycles. The Bertz CT molecular complexity index is 183. The van der Waals surface area contributed by atoms with Crippen LogP contribution in [0.15, 0.2) is 0 Å². The summed E-state index contributed by atoms with van der Waals surface area (Å²) < 4.78 is 0. The molecule has 0 radical (unpaired) electrons. The molecular weight excluding hydrogens is 182 g/mol. The van der Waals surface area contributed by atoms with Gasteiger partial charge in [-0.05, 0) is 6.42 Å². The highest BCUT2D eigenvalue weighted by molar-refractivity contribution is 5.94. The lowest BCUT2D eigenvalue weighted by atomic mass is 10.2. The summed E-state index contributed by atoms with van der Waals surface area (Å²) in [4.78, 5) is 22.0. The van der Waals surface area contributed by atoms with E-state index >= 15 is 0 Å². The predicted molar refractivity (Wildman–Crippen MR) is 54.7 cm³/mol. The summed E-state index contributed by atoms with van der Waals surface area (Å²) in [6.07, 6.45) is 3.31. The fraction of sp³-hybridized carbons (Fsp3) is 0.778. The second kappa shape index (κ2) is 8.50. The van der Waals surface area contributed by atoms with Crippen LogP contribution in [0.4, 0.5) is 4.79 Å². The average molecular weight is 201 g/mol. The highest BCUT2D eigenvalue weighted by Crippen LogP contribution is 1.97. The van der Waals surface area contributed by atoms with Crippen molar-refractivity contribution in [3.05, 3.63) is 0 Å². The third-order valence-corrected chi connectivity index (χ3v) is 1.69. The van der Waals surface area contributed by atoms with Crippen molar-refractivity contribution in [3.8, 4) is 0 Å². The van der Waals surface area contributed by atoms with Crippen molar-refractivity contribution in [2.45, 2.75) is 32.6 Å². The molecule has 0 aromatic rings. The van der Waals surface area contributed by atoms with E-state index in [1.165, 1.54) is 0 Å². The summed E-state index contributed by atoms with van der Waals surface area (Å²) in [6, 6.07) is -0.461. The van der Waals surface area contributed by atoms with E-state index in [9.17, 15) is 9.59 Å². The molecular formula is C9H19N3O2. The fourth-order valence-electron chi connectivity index (χ4n) is 0.955. The standard InChI is InChI=1S/C9H19N3O2/c1-2-3-4-5-8(13)12-9(14)11-7-6-10/h2-7,10H2,1H3,(H2,11,12,13,14). The first-order valence-electron chi connectivity index (χ1n) is 4.98. The SMILES string of the molecule is CCCCCC(=O)NC(=O)NCCN. The van der Waals surface area contributed by atoms with Crippen LogP contribution >= 0.6 is 0 Å². The van der Waals surface area contributed by atoms with Gasteiger partial charge in [0, 0.05) is 19.5 Å². The van der Waals surface area contributed by atoms with Gasteiger partial charge in [0.25, 0.3) is 0 Å². The molecule has 5 nitrogen and oxygen atoms in total. The van der Waals surface area contributed by atoms with E-state index in [-0.39, 0.29) is 5.91 Å². The van der Waals surface area contributed by atoms with Gasteiger partial charge in [-0.1, -0.05) is 19.8 Å². The van der Waals surface area contributed by atoms with Crippen LogP contribution in [0.2, 0.25) is 0 Å². The van der Waals surface area contributed by atoms with Gasteiger partial charge in [0.15, 0.2) is 0 Å². The number of unbranched alkanes of at least 4 members (excludes halogenated alkanes) is 2. The lowest BCUT2D eigenvalue weighted by Crippen LogP contribution is -2.41. The molecule has 0 fully saturated rings. The number of carbonyl (C=O) groups is 2. The molecule has 0 aromatic heterocycles. The predicted octanol–water partition coefficient (Wildman–Crippen LogP) is 0.351. The van der Waals surface area contributed by atoms with E-state index < -0.39 is 6.03 Å². The van der Waals surface area contributed by atoms with Crippen LogP contribution in [0, 0.1) is 0 Å². The van der Waals surface area contributed by atoms with Crippen molar-refractivity contribution in [2.75, 3.05) is 13.1 Å². The Morgan fingerprint density at radius 1 is 1.29 bits per heavy atom. The molecule has 0 saturated heterocycles. The highest BCUT2D eigenvalue weighted by atomic mass is 16.2. The van der Waals surface area contributed by atoms with E-state index in [0.717, 1.165) is 19.3 Å². The number of amides is 3. The second-order valence-corrected chi connectivity index (χ2v) is 3.05. The molecule has 0 unspecified atom stereocenters. The fourth-order valence-corrected chi connectivity index (χ4v) is 0.955. The molecule has 3 amide bonds. The van der Waals surface area contributed by atoms with Crippen molar-refractivity contribution < 1.29 is 9.59 Å². The summed E-state index contributed by atoms with van der Waals surface area (Å²) in [7, 11) is 0. The Hall–Kier alpha value is -1.10. The number of hydrogen-bond acceptors (Lipinski definition) is 3. The van der Waals surface area contributed by atoms with Crippen molar-refractivity contribution in [1.29, 1.82) is 0 Å². The zero-order valence-electron chi connectivity index (χ0n) is 8.64. The van der Waals surface area contributed by atoms with Crippen LogP contribution in [-0.4, -0.2) is 25.0 Å². The van der Waals surface area contributed by atoms with E-state index in [1.807, 2.05) is 0 Å². The molecule has 0 rings (SSSR count). The number of nitrogens with one attached hydrogen (secondary N) is 2. The van der Waals surface area contributed by atoms with Gasteiger partial charge >= 0.3 is 6.03 Å². The van der Waals surface area contributed by atoms with Gasteiger partial charge in [0.05, 0.1) is 0 Å². The van der Waals surface area contributed by atoms with E-state index in [2.05, 4.69) is 17.6 Å². The third-order valence-electron chi connectivity index (χ3n) is 1.69. The van der Waals surface area contributed by atoms with E-state index in [1.54, 1.807) is 0 Å². The summed E-state index contributed by atoms with van der Waals surface area (Å²) in [5, 5.41) is 4.69. The van der Waals surface area contributed by atoms with Crippen molar-refractivity contribution in [1.82, 2.24) is 10.6 Å². The molecule has 4 N–H and O–H groups in total. The number of imide groups is 1. The van der Waals surface area contributed by atoms with E-state index in [4.69, 9.17) is 5.73 Å². The number of nitrogens with two attached hydrogens (primary N) is 1. The highest BCUT2D eigenvalue weighted by Gasteiger charge is 2.05. The number of rotatable bonds is 6. The maximum absolute atomic E-state index is 11.1. The topological polar surface area (TPSA) is 84.2 Å². The largest absolute Gasteiger partial charge is 0.337 e. The van der Waals surface area contributed by atoms with Crippen LogP contribution in [0.1, 0.15) is 32.6 Å². The van der Waals surface area contributed by atoms with Gasteiger partial charge < -0.3 is 11.1 Å². The molecule has 0 aromatic carbocycles. The Morgan fingerprint density at radius 3 is 2.57 bits per heavy atom. The van der Waals surface area contributed by atoms with Crippen LogP contribution in [0.25, 0.3) is 0 Å². The summed E-state index contributed by atoms with van der Waals surface area (Å²) in [6.45, 7) is 2.82. The van der Waals surface area contributed by atoms with Gasteiger partial charge in [0.1, 0.15) is 0 Å². The van der Waals surface area contributed by atoms with Crippen LogP contribution in [0.3, 0.4) is 0 Å². The zero-order valence-corrected chi connectivity index (χ0v) is 8.64. The van der Waals surface area contributed by atoms with E-state index in [0.29, 0.717) is 19.5 Å².